The molecule has 0 fully saturated rings. The number of H-pyrrole nitrogens is 1. The molecule has 7 nitrogen and oxygen atoms in total. The number of amides is 1. The van der Waals surface area contributed by atoms with Gasteiger partial charge in [-0.15, -0.1) is 0 Å². The number of carbonyl (C=O) groups is 1. The van der Waals surface area contributed by atoms with Gasteiger partial charge in [-0.05, 0) is 31.0 Å². The maximum Gasteiger partial charge on any atom is 0.241 e. The van der Waals surface area contributed by atoms with Gasteiger partial charge in [0.25, 0.3) is 0 Å². The Morgan fingerprint density at radius 3 is 2.68 bits per heavy atom. The number of hydrogen-bond acceptors (Lipinski definition) is 4. The molecule has 0 aliphatic heterocycles. The third kappa shape index (κ3) is 3.77. The zero-order chi connectivity index (χ0) is 17.8. The summed E-state index contributed by atoms with van der Waals surface area (Å²) in [6, 6.07) is 9.12. The Morgan fingerprint density at radius 1 is 1.28 bits per heavy atom. The lowest BCUT2D eigenvalue weighted by Gasteiger charge is -2.15. The van der Waals surface area contributed by atoms with Crippen molar-refractivity contribution in [2.45, 2.75) is 33.0 Å². The van der Waals surface area contributed by atoms with Gasteiger partial charge in [0.15, 0.2) is 0 Å². The highest BCUT2D eigenvalue weighted by atomic mass is 16.2. The van der Waals surface area contributed by atoms with Gasteiger partial charge in [-0.1, -0.05) is 24.3 Å². The summed E-state index contributed by atoms with van der Waals surface area (Å²) < 4.78 is 1.85. The minimum absolute atomic E-state index is 0.221. The van der Waals surface area contributed by atoms with Crippen LogP contribution in [0, 0.1) is 13.8 Å². The van der Waals surface area contributed by atoms with Gasteiger partial charge in [0.2, 0.25) is 5.91 Å². The zero-order valence-corrected chi connectivity index (χ0v) is 14.4. The molecule has 0 saturated heterocycles. The van der Waals surface area contributed by atoms with Crippen LogP contribution in [0.25, 0.3) is 0 Å². The average molecular weight is 338 g/mol. The van der Waals surface area contributed by atoms with Crippen LogP contribution in [-0.4, -0.2) is 25.9 Å². The van der Waals surface area contributed by atoms with E-state index < -0.39 is 6.04 Å². The molecule has 0 spiro atoms. The second-order valence-electron chi connectivity index (χ2n) is 6.02. The molecule has 2 aromatic heterocycles. The summed E-state index contributed by atoms with van der Waals surface area (Å²) in [4.78, 5) is 12.5. The van der Waals surface area contributed by atoms with E-state index in [9.17, 15) is 4.79 Å². The summed E-state index contributed by atoms with van der Waals surface area (Å²) in [7, 11) is 0. The molecule has 25 heavy (non-hydrogen) atoms. The third-order valence-corrected chi connectivity index (χ3v) is 4.24. The van der Waals surface area contributed by atoms with Crippen molar-refractivity contribution in [2.24, 2.45) is 5.73 Å². The summed E-state index contributed by atoms with van der Waals surface area (Å²) in [6.45, 7) is 4.78. The summed E-state index contributed by atoms with van der Waals surface area (Å²) in [5, 5.41) is 14.1. The van der Waals surface area contributed by atoms with E-state index in [1.165, 1.54) is 0 Å². The van der Waals surface area contributed by atoms with Crippen molar-refractivity contribution >= 4 is 5.91 Å². The van der Waals surface area contributed by atoms with Crippen molar-refractivity contribution in [3.63, 3.8) is 0 Å². The quantitative estimate of drug-likeness (QED) is 0.635. The number of rotatable bonds is 6. The third-order valence-electron chi connectivity index (χ3n) is 4.24. The van der Waals surface area contributed by atoms with Crippen LogP contribution in [0.2, 0.25) is 0 Å². The largest absolute Gasteiger partial charge is 0.350 e. The van der Waals surface area contributed by atoms with Crippen LogP contribution >= 0.6 is 0 Å². The van der Waals surface area contributed by atoms with Gasteiger partial charge >= 0.3 is 0 Å². The van der Waals surface area contributed by atoms with Crippen LogP contribution < -0.4 is 11.1 Å². The van der Waals surface area contributed by atoms with Gasteiger partial charge in [-0.3, -0.25) is 14.6 Å². The molecule has 1 aromatic carbocycles. The predicted octanol–water partition coefficient (Wildman–Crippen LogP) is 1.59. The maximum absolute atomic E-state index is 12.5. The Balaban J connectivity index is 1.68. The first-order valence-corrected chi connectivity index (χ1v) is 8.15. The molecule has 0 unspecified atom stereocenters. The lowest BCUT2D eigenvalue weighted by Crippen LogP contribution is -2.34. The summed E-state index contributed by atoms with van der Waals surface area (Å²) in [5.74, 6) is -0.221. The van der Waals surface area contributed by atoms with Gasteiger partial charge in [-0.2, -0.15) is 10.2 Å². The number of nitrogens with one attached hydrogen (secondary N) is 2. The molecule has 0 bridgehead atoms. The summed E-state index contributed by atoms with van der Waals surface area (Å²) in [5.41, 5.74) is 10.6. The van der Waals surface area contributed by atoms with E-state index in [0.29, 0.717) is 13.1 Å². The standard InChI is InChI=1S/C18H22N6O/c1-12-16(13(2)23-22-12)17(19)18(25)20-10-14-6-3-4-7-15(14)11-24-9-5-8-21-24/h3-9,17H,10-11,19H2,1-2H3,(H,20,25)(H,22,23)/t17-/m0/s1. The van der Waals surface area contributed by atoms with E-state index in [1.807, 2.05) is 55.1 Å². The van der Waals surface area contributed by atoms with Gasteiger partial charge in [0.05, 0.1) is 12.2 Å². The highest BCUT2D eigenvalue weighted by molar-refractivity contribution is 5.83. The van der Waals surface area contributed by atoms with Crippen molar-refractivity contribution in [3.05, 3.63) is 70.8 Å². The number of nitrogens with two attached hydrogens (primary N) is 1. The number of carbonyl (C=O) groups excluding carboxylic acids is 1. The smallest absolute Gasteiger partial charge is 0.241 e. The number of aromatic nitrogens is 4. The van der Waals surface area contributed by atoms with Crippen LogP contribution in [0.5, 0.6) is 0 Å². The molecule has 4 N–H and O–H groups in total. The molecule has 0 saturated carbocycles. The first kappa shape index (κ1) is 16.9. The first-order valence-electron chi connectivity index (χ1n) is 8.15. The van der Waals surface area contributed by atoms with E-state index in [2.05, 4.69) is 20.6 Å². The van der Waals surface area contributed by atoms with Crippen molar-refractivity contribution < 1.29 is 4.79 Å². The lowest BCUT2D eigenvalue weighted by atomic mass is 10.0. The molecule has 3 aromatic rings. The van der Waals surface area contributed by atoms with Gasteiger partial charge < -0.3 is 11.1 Å². The van der Waals surface area contributed by atoms with E-state index in [0.717, 1.165) is 28.1 Å². The number of hydrogen-bond donors (Lipinski definition) is 3. The van der Waals surface area contributed by atoms with Gasteiger partial charge in [0, 0.05) is 30.2 Å². The fourth-order valence-corrected chi connectivity index (χ4v) is 2.89. The van der Waals surface area contributed by atoms with Crippen molar-refractivity contribution in [3.8, 4) is 0 Å². The summed E-state index contributed by atoms with van der Waals surface area (Å²) >= 11 is 0. The molecular formula is C18H22N6O. The van der Waals surface area contributed by atoms with Gasteiger partial charge in [0.1, 0.15) is 6.04 Å². The monoisotopic (exact) mass is 338 g/mol. The average Bonchev–Trinajstić information content (AvgIpc) is 3.23. The fraction of sp³-hybridized carbons (Fsp3) is 0.278. The Kier molecular flexibility index (Phi) is 4.95. The van der Waals surface area contributed by atoms with Gasteiger partial charge in [-0.25, -0.2) is 0 Å². The molecule has 0 radical (unpaired) electrons. The van der Waals surface area contributed by atoms with Crippen LogP contribution in [0.15, 0.2) is 42.7 Å². The molecule has 0 aliphatic rings. The predicted molar refractivity (Wildman–Crippen MR) is 94.6 cm³/mol. The van der Waals surface area contributed by atoms with Crippen molar-refractivity contribution in [1.82, 2.24) is 25.3 Å². The number of aromatic amines is 1. The van der Waals surface area contributed by atoms with Crippen molar-refractivity contribution in [2.75, 3.05) is 0 Å². The van der Waals surface area contributed by atoms with E-state index in [1.54, 1.807) is 6.20 Å². The second-order valence-corrected chi connectivity index (χ2v) is 6.02. The first-order chi connectivity index (χ1) is 12.1. The lowest BCUT2D eigenvalue weighted by molar-refractivity contribution is -0.122. The molecule has 1 amide bonds. The molecule has 130 valence electrons. The topological polar surface area (TPSA) is 102 Å². The summed E-state index contributed by atoms with van der Waals surface area (Å²) in [6.07, 6.45) is 3.66. The van der Waals surface area contributed by atoms with Crippen LogP contribution in [-0.2, 0) is 17.9 Å². The molecule has 0 aliphatic carbocycles. The van der Waals surface area contributed by atoms with Crippen LogP contribution in [0.1, 0.15) is 34.1 Å². The molecular weight excluding hydrogens is 316 g/mol. The minimum atomic E-state index is -0.739. The Bertz CT molecular complexity index is 833. The Hall–Kier alpha value is -2.93. The number of nitrogens with zero attached hydrogens (tertiary/aromatic N) is 3. The van der Waals surface area contributed by atoms with E-state index in [-0.39, 0.29) is 5.91 Å². The highest BCUT2D eigenvalue weighted by Gasteiger charge is 2.21. The maximum atomic E-state index is 12.5. The number of aryl methyl sites for hydroxylation is 2. The number of benzene rings is 1. The zero-order valence-electron chi connectivity index (χ0n) is 14.4. The van der Waals surface area contributed by atoms with E-state index >= 15 is 0 Å². The van der Waals surface area contributed by atoms with Crippen LogP contribution in [0.4, 0.5) is 0 Å². The minimum Gasteiger partial charge on any atom is -0.350 e. The Morgan fingerprint density at radius 2 is 2.04 bits per heavy atom. The van der Waals surface area contributed by atoms with E-state index in [4.69, 9.17) is 5.73 Å². The normalized spacial score (nSPS) is 12.1. The molecule has 2 heterocycles. The SMILES string of the molecule is Cc1n[nH]c(C)c1[C@H](N)C(=O)NCc1ccccc1Cn1cccn1. The fourth-order valence-electron chi connectivity index (χ4n) is 2.89. The molecule has 7 heteroatoms. The van der Waals surface area contributed by atoms with Crippen LogP contribution in [0.3, 0.4) is 0 Å². The molecule has 1 atom stereocenters. The van der Waals surface area contributed by atoms with Crippen molar-refractivity contribution in [1.29, 1.82) is 0 Å². The molecule has 3 rings (SSSR count). The Labute approximate surface area is 146 Å². The highest BCUT2D eigenvalue weighted by Crippen LogP contribution is 2.18. The second kappa shape index (κ2) is 7.31.